The smallest absolute Gasteiger partial charge is 0.149 e. The minimum atomic E-state index is 0.485. The highest BCUT2D eigenvalue weighted by Gasteiger charge is 2.13. The Morgan fingerprint density at radius 3 is 2.48 bits per heavy atom. The summed E-state index contributed by atoms with van der Waals surface area (Å²) < 4.78 is 2.12. The van der Waals surface area contributed by atoms with Crippen molar-refractivity contribution in [1.82, 2.24) is 14.5 Å². The molecule has 2 aromatic heterocycles. The molecule has 0 saturated heterocycles. The van der Waals surface area contributed by atoms with Crippen molar-refractivity contribution in [2.45, 2.75) is 20.8 Å². The van der Waals surface area contributed by atoms with Crippen LogP contribution in [0.5, 0.6) is 0 Å². The van der Waals surface area contributed by atoms with Crippen LogP contribution in [0.2, 0.25) is 0 Å². The molecule has 2 heterocycles. The number of rotatable bonds is 3. The Bertz CT molecular complexity index is 1340. The number of benzene rings is 2. The van der Waals surface area contributed by atoms with E-state index in [-0.39, 0.29) is 0 Å². The van der Waals surface area contributed by atoms with Gasteiger partial charge in [0.15, 0.2) is 0 Å². The topological polar surface area (TPSA) is 81.2 Å². The van der Waals surface area contributed by atoms with Crippen molar-refractivity contribution in [3.63, 3.8) is 0 Å². The van der Waals surface area contributed by atoms with E-state index in [0.29, 0.717) is 17.0 Å². The van der Waals surface area contributed by atoms with E-state index >= 15 is 0 Å². The Kier molecular flexibility index (Phi) is 4.50. The number of aromatic amines is 1. The van der Waals surface area contributed by atoms with Crippen molar-refractivity contribution in [3.8, 4) is 17.8 Å². The van der Waals surface area contributed by atoms with Crippen molar-refractivity contribution in [1.29, 1.82) is 10.5 Å². The van der Waals surface area contributed by atoms with Crippen LogP contribution < -0.4 is 0 Å². The molecule has 0 aliphatic heterocycles. The van der Waals surface area contributed by atoms with Gasteiger partial charge in [-0.05, 0) is 80.4 Å². The molecule has 0 spiro atoms. The molecule has 0 atom stereocenters. The first-order valence-corrected chi connectivity index (χ1v) is 9.28. The maximum absolute atomic E-state index is 9.75. The molecule has 0 unspecified atom stereocenters. The second kappa shape index (κ2) is 7.14. The zero-order valence-electron chi connectivity index (χ0n) is 16.5. The zero-order chi connectivity index (χ0) is 20.5. The normalized spacial score (nSPS) is 11.4. The first kappa shape index (κ1) is 18.3. The SMILES string of the molecule is Cc1ccc2nc(/C(C#N)=C\c3cc(C)n(-c4ccc(C#N)cc4)c3C)[nH]c2c1. The molecule has 0 fully saturated rings. The lowest BCUT2D eigenvalue weighted by Gasteiger charge is -2.09. The van der Waals surface area contributed by atoms with Crippen LogP contribution in [-0.4, -0.2) is 14.5 Å². The van der Waals surface area contributed by atoms with Crippen LogP contribution >= 0.6 is 0 Å². The predicted octanol–water partition coefficient (Wildman–Crippen LogP) is 5.21. The van der Waals surface area contributed by atoms with Crippen LogP contribution in [-0.2, 0) is 0 Å². The highest BCUT2D eigenvalue weighted by Crippen LogP contribution is 2.26. The summed E-state index contributed by atoms with van der Waals surface area (Å²) in [7, 11) is 0. The Morgan fingerprint density at radius 1 is 1.03 bits per heavy atom. The van der Waals surface area contributed by atoms with Gasteiger partial charge in [0.05, 0.1) is 28.2 Å². The second-order valence-electron chi connectivity index (χ2n) is 7.10. The average molecular weight is 377 g/mol. The minimum absolute atomic E-state index is 0.485. The molecule has 4 aromatic rings. The molecule has 5 nitrogen and oxygen atoms in total. The molecule has 0 amide bonds. The summed E-state index contributed by atoms with van der Waals surface area (Å²) in [4.78, 5) is 7.83. The van der Waals surface area contributed by atoms with E-state index in [4.69, 9.17) is 5.26 Å². The molecule has 0 radical (unpaired) electrons. The molecule has 0 saturated carbocycles. The summed E-state index contributed by atoms with van der Waals surface area (Å²) in [5.74, 6) is 0.566. The van der Waals surface area contributed by atoms with Gasteiger partial charge in [-0.1, -0.05) is 6.07 Å². The number of aryl methyl sites for hydroxylation is 2. The van der Waals surface area contributed by atoms with Gasteiger partial charge < -0.3 is 9.55 Å². The quantitative estimate of drug-likeness (QED) is 0.497. The molecule has 0 aliphatic carbocycles. The molecule has 0 aliphatic rings. The van der Waals surface area contributed by atoms with Gasteiger partial charge >= 0.3 is 0 Å². The third kappa shape index (κ3) is 3.31. The molecular formula is C24H19N5. The van der Waals surface area contributed by atoms with Crippen LogP contribution in [0.25, 0.3) is 28.4 Å². The van der Waals surface area contributed by atoms with Crippen molar-refractivity contribution >= 4 is 22.7 Å². The maximum atomic E-state index is 9.75. The number of fused-ring (bicyclic) bond motifs is 1. The lowest BCUT2D eigenvalue weighted by Crippen LogP contribution is -1.99. The molecule has 29 heavy (non-hydrogen) atoms. The zero-order valence-corrected chi connectivity index (χ0v) is 16.5. The van der Waals surface area contributed by atoms with E-state index in [1.54, 1.807) is 12.1 Å². The Labute approximate surface area is 169 Å². The minimum Gasteiger partial charge on any atom is -0.337 e. The van der Waals surface area contributed by atoms with E-state index in [0.717, 1.165) is 39.2 Å². The highest BCUT2D eigenvalue weighted by molar-refractivity contribution is 5.91. The van der Waals surface area contributed by atoms with E-state index in [2.05, 4.69) is 32.7 Å². The van der Waals surface area contributed by atoms with E-state index in [9.17, 15) is 5.26 Å². The second-order valence-corrected chi connectivity index (χ2v) is 7.10. The van der Waals surface area contributed by atoms with Crippen molar-refractivity contribution < 1.29 is 0 Å². The van der Waals surface area contributed by atoms with Gasteiger partial charge in [-0.15, -0.1) is 0 Å². The lowest BCUT2D eigenvalue weighted by atomic mass is 10.1. The fourth-order valence-corrected chi connectivity index (χ4v) is 3.58. The van der Waals surface area contributed by atoms with Crippen LogP contribution in [0.15, 0.2) is 48.5 Å². The van der Waals surface area contributed by atoms with Crippen molar-refractivity contribution in [2.75, 3.05) is 0 Å². The molecule has 1 N–H and O–H groups in total. The monoisotopic (exact) mass is 377 g/mol. The molecule has 140 valence electrons. The number of hydrogen-bond acceptors (Lipinski definition) is 3. The van der Waals surface area contributed by atoms with Gasteiger partial charge in [-0.25, -0.2) is 4.98 Å². The van der Waals surface area contributed by atoms with Gasteiger partial charge in [0.2, 0.25) is 0 Å². The maximum Gasteiger partial charge on any atom is 0.149 e. The number of aromatic nitrogens is 3. The van der Waals surface area contributed by atoms with E-state index < -0.39 is 0 Å². The Hall–Kier alpha value is -4.09. The van der Waals surface area contributed by atoms with Crippen LogP contribution in [0.3, 0.4) is 0 Å². The van der Waals surface area contributed by atoms with E-state index in [1.807, 2.05) is 57.2 Å². The third-order valence-corrected chi connectivity index (χ3v) is 5.04. The van der Waals surface area contributed by atoms with Gasteiger partial charge in [-0.2, -0.15) is 10.5 Å². The fourth-order valence-electron chi connectivity index (χ4n) is 3.58. The van der Waals surface area contributed by atoms with Gasteiger partial charge in [0.1, 0.15) is 11.9 Å². The van der Waals surface area contributed by atoms with E-state index in [1.165, 1.54) is 0 Å². The van der Waals surface area contributed by atoms with Gasteiger partial charge in [-0.3, -0.25) is 0 Å². The first-order valence-electron chi connectivity index (χ1n) is 9.28. The third-order valence-electron chi connectivity index (χ3n) is 5.04. The number of nitrogens with zero attached hydrogens (tertiary/aromatic N) is 4. The predicted molar refractivity (Wildman–Crippen MR) is 114 cm³/mol. The van der Waals surface area contributed by atoms with Crippen LogP contribution in [0.4, 0.5) is 0 Å². The molecular weight excluding hydrogens is 358 g/mol. The summed E-state index contributed by atoms with van der Waals surface area (Å²) in [6.07, 6.45) is 1.87. The summed E-state index contributed by atoms with van der Waals surface area (Å²) in [5, 5.41) is 18.8. The van der Waals surface area contributed by atoms with Crippen molar-refractivity contribution in [2.24, 2.45) is 0 Å². The summed E-state index contributed by atoms with van der Waals surface area (Å²) >= 11 is 0. The number of hydrogen-bond donors (Lipinski definition) is 1. The Balaban J connectivity index is 1.78. The largest absolute Gasteiger partial charge is 0.337 e. The number of H-pyrrole nitrogens is 1. The van der Waals surface area contributed by atoms with Crippen LogP contribution in [0.1, 0.15) is 33.9 Å². The average Bonchev–Trinajstić information content (AvgIpc) is 3.26. The molecule has 5 heteroatoms. The molecule has 0 bridgehead atoms. The number of nitriles is 2. The lowest BCUT2D eigenvalue weighted by molar-refractivity contribution is 0.964. The Morgan fingerprint density at radius 2 is 1.79 bits per heavy atom. The fraction of sp³-hybridized carbons (Fsp3) is 0.125. The standard InChI is InChI=1S/C24H19N5/c1-15-4-9-22-23(10-15)28-24(27-22)20(14-26)12-19-11-16(2)29(17(19)3)21-7-5-18(13-25)6-8-21/h4-12H,1-3H3,(H,27,28)/b20-12-. The number of allylic oxidation sites excluding steroid dienone is 1. The summed E-state index contributed by atoms with van der Waals surface area (Å²) in [5.41, 5.74) is 8.03. The molecule has 2 aromatic carbocycles. The van der Waals surface area contributed by atoms with Gasteiger partial charge in [0, 0.05) is 17.1 Å². The van der Waals surface area contributed by atoms with Gasteiger partial charge in [0.25, 0.3) is 0 Å². The summed E-state index contributed by atoms with van der Waals surface area (Å²) in [6, 6.07) is 19.9. The first-order chi connectivity index (χ1) is 14.0. The van der Waals surface area contributed by atoms with Crippen molar-refractivity contribution in [3.05, 3.63) is 82.4 Å². The van der Waals surface area contributed by atoms with Crippen LogP contribution in [0, 0.1) is 43.4 Å². The number of imidazole rings is 1. The highest BCUT2D eigenvalue weighted by atomic mass is 15.0. The number of nitrogens with one attached hydrogen (secondary N) is 1. The molecule has 4 rings (SSSR count). The summed E-state index contributed by atoms with van der Waals surface area (Å²) in [6.45, 7) is 6.07.